The summed E-state index contributed by atoms with van der Waals surface area (Å²) in [6.07, 6.45) is 0. The number of hydrogen-bond donors (Lipinski definition) is 2. The molecule has 2 N–H and O–H groups in total. The quantitative estimate of drug-likeness (QED) is 0.840. The van der Waals surface area contributed by atoms with E-state index < -0.39 is 0 Å². The molecule has 1 amide bonds. The first-order valence-electron chi connectivity index (χ1n) is 7.30. The molecule has 1 aliphatic heterocycles. The van der Waals surface area contributed by atoms with Crippen molar-refractivity contribution in [2.24, 2.45) is 0 Å². The van der Waals surface area contributed by atoms with Gasteiger partial charge in [0.05, 0.1) is 0 Å². The molecule has 1 unspecified atom stereocenters. The van der Waals surface area contributed by atoms with Gasteiger partial charge in [-0.05, 0) is 42.8 Å². The fourth-order valence-corrected chi connectivity index (χ4v) is 2.69. The van der Waals surface area contributed by atoms with Crippen LogP contribution in [0.4, 0.5) is 5.69 Å². The average molecular weight is 377 g/mol. The zero-order valence-electron chi connectivity index (χ0n) is 12.6. The van der Waals surface area contributed by atoms with Gasteiger partial charge in [0.25, 0.3) is 0 Å². The summed E-state index contributed by atoms with van der Waals surface area (Å²) < 4.78 is 11.6. The number of anilines is 1. The lowest BCUT2D eigenvalue weighted by Crippen LogP contribution is -2.37. The van der Waals surface area contributed by atoms with Gasteiger partial charge < -0.3 is 20.1 Å². The molecule has 0 aliphatic carbocycles. The Balaban J connectivity index is 1.54. The predicted molar refractivity (Wildman–Crippen MR) is 91.6 cm³/mol. The Morgan fingerprint density at radius 3 is 2.87 bits per heavy atom. The molecule has 2 aromatic rings. The van der Waals surface area contributed by atoms with E-state index >= 15 is 0 Å². The van der Waals surface area contributed by atoms with Crippen LogP contribution in [0.3, 0.4) is 0 Å². The number of rotatable bonds is 5. The molecule has 5 nitrogen and oxygen atoms in total. The van der Waals surface area contributed by atoms with Crippen molar-refractivity contribution in [3.8, 4) is 11.5 Å². The third-order valence-electron chi connectivity index (χ3n) is 3.50. The van der Waals surface area contributed by atoms with Gasteiger partial charge in [-0.25, -0.2) is 0 Å². The number of nitrogens with one attached hydrogen (secondary N) is 2. The van der Waals surface area contributed by atoms with E-state index in [1.165, 1.54) is 0 Å². The first kappa shape index (κ1) is 15.7. The molecule has 0 aromatic heterocycles. The zero-order valence-corrected chi connectivity index (χ0v) is 14.2. The molecule has 120 valence electrons. The first-order valence-corrected chi connectivity index (χ1v) is 8.09. The van der Waals surface area contributed by atoms with Crippen LogP contribution < -0.4 is 20.1 Å². The lowest BCUT2D eigenvalue weighted by Gasteiger charge is -2.15. The van der Waals surface area contributed by atoms with Crippen molar-refractivity contribution in [1.29, 1.82) is 0 Å². The maximum absolute atomic E-state index is 12.2. The molecular formula is C17H17BrN2O3. The van der Waals surface area contributed by atoms with Gasteiger partial charge in [0.15, 0.2) is 11.5 Å². The third kappa shape index (κ3) is 3.96. The highest BCUT2D eigenvalue weighted by Gasteiger charge is 2.15. The second-order valence-electron chi connectivity index (χ2n) is 5.28. The van der Waals surface area contributed by atoms with Crippen molar-refractivity contribution < 1.29 is 14.3 Å². The van der Waals surface area contributed by atoms with E-state index in [0.717, 1.165) is 27.2 Å². The van der Waals surface area contributed by atoms with Crippen molar-refractivity contribution in [1.82, 2.24) is 5.32 Å². The minimum Gasteiger partial charge on any atom is -0.454 e. The Morgan fingerprint density at radius 2 is 2.04 bits per heavy atom. The summed E-state index contributed by atoms with van der Waals surface area (Å²) >= 11 is 3.41. The van der Waals surface area contributed by atoms with Gasteiger partial charge in [0, 0.05) is 16.7 Å². The number of benzene rings is 2. The Labute approximate surface area is 143 Å². The SMILES string of the molecule is CC(Nc1cccc(Br)c1)C(=O)NCc1ccc2c(c1)OCO2. The molecule has 1 heterocycles. The summed E-state index contributed by atoms with van der Waals surface area (Å²) in [4.78, 5) is 12.2. The van der Waals surface area contributed by atoms with Gasteiger partial charge in [-0.15, -0.1) is 0 Å². The summed E-state index contributed by atoms with van der Waals surface area (Å²) in [6, 6.07) is 13.0. The van der Waals surface area contributed by atoms with Gasteiger partial charge in [-0.1, -0.05) is 28.1 Å². The van der Waals surface area contributed by atoms with Crippen LogP contribution in [-0.4, -0.2) is 18.7 Å². The van der Waals surface area contributed by atoms with Crippen LogP contribution in [0, 0.1) is 0 Å². The fourth-order valence-electron chi connectivity index (χ4n) is 2.29. The number of fused-ring (bicyclic) bond motifs is 1. The third-order valence-corrected chi connectivity index (χ3v) is 4.00. The van der Waals surface area contributed by atoms with Gasteiger partial charge in [-0.2, -0.15) is 0 Å². The lowest BCUT2D eigenvalue weighted by molar-refractivity contribution is -0.121. The van der Waals surface area contributed by atoms with Crippen LogP contribution in [0.25, 0.3) is 0 Å². The summed E-state index contributed by atoms with van der Waals surface area (Å²) in [5.74, 6) is 1.39. The molecule has 0 radical (unpaired) electrons. The normalized spacial score (nSPS) is 13.5. The van der Waals surface area contributed by atoms with Gasteiger partial charge >= 0.3 is 0 Å². The van der Waals surface area contributed by atoms with Crippen LogP contribution in [0.15, 0.2) is 46.9 Å². The summed E-state index contributed by atoms with van der Waals surface area (Å²) in [7, 11) is 0. The second kappa shape index (κ2) is 6.91. The predicted octanol–water partition coefficient (Wildman–Crippen LogP) is 3.29. The van der Waals surface area contributed by atoms with Crippen LogP contribution in [0.5, 0.6) is 11.5 Å². The zero-order chi connectivity index (χ0) is 16.2. The van der Waals surface area contributed by atoms with E-state index in [-0.39, 0.29) is 18.7 Å². The molecule has 0 bridgehead atoms. The van der Waals surface area contributed by atoms with Crippen LogP contribution >= 0.6 is 15.9 Å². The van der Waals surface area contributed by atoms with E-state index in [2.05, 4.69) is 26.6 Å². The molecule has 0 saturated heterocycles. The molecule has 0 fully saturated rings. The van der Waals surface area contributed by atoms with Gasteiger partial charge in [0.1, 0.15) is 6.04 Å². The van der Waals surface area contributed by atoms with Crippen molar-refractivity contribution in [3.63, 3.8) is 0 Å². The molecule has 3 rings (SSSR count). The van der Waals surface area contributed by atoms with E-state index in [9.17, 15) is 4.79 Å². The smallest absolute Gasteiger partial charge is 0.242 e. The Kier molecular flexibility index (Phi) is 4.71. The molecule has 23 heavy (non-hydrogen) atoms. The monoisotopic (exact) mass is 376 g/mol. The Morgan fingerprint density at radius 1 is 1.22 bits per heavy atom. The number of carbonyl (C=O) groups is 1. The van der Waals surface area contributed by atoms with E-state index in [1.807, 2.05) is 49.4 Å². The van der Waals surface area contributed by atoms with Gasteiger partial charge in [0.2, 0.25) is 12.7 Å². The largest absolute Gasteiger partial charge is 0.454 e. The van der Waals surface area contributed by atoms with E-state index in [1.54, 1.807) is 0 Å². The molecule has 1 aliphatic rings. The van der Waals surface area contributed by atoms with Crippen LogP contribution in [0.2, 0.25) is 0 Å². The molecular weight excluding hydrogens is 360 g/mol. The minimum atomic E-state index is -0.335. The number of carbonyl (C=O) groups excluding carboxylic acids is 1. The number of hydrogen-bond acceptors (Lipinski definition) is 4. The first-order chi connectivity index (χ1) is 11.1. The summed E-state index contributed by atoms with van der Waals surface area (Å²) in [5.41, 5.74) is 1.86. The maximum atomic E-state index is 12.2. The standard InChI is InChI=1S/C17H17BrN2O3/c1-11(20-14-4-2-3-13(18)8-14)17(21)19-9-12-5-6-15-16(7-12)23-10-22-15/h2-8,11,20H,9-10H2,1H3,(H,19,21). The highest BCUT2D eigenvalue weighted by atomic mass is 79.9. The molecule has 0 saturated carbocycles. The van der Waals surface area contributed by atoms with E-state index in [4.69, 9.17) is 9.47 Å². The molecule has 2 aromatic carbocycles. The lowest BCUT2D eigenvalue weighted by atomic mass is 10.2. The van der Waals surface area contributed by atoms with E-state index in [0.29, 0.717) is 6.54 Å². The molecule has 0 spiro atoms. The average Bonchev–Trinajstić information content (AvgIpc) is 3.00. The van der Waals surface area contributed by atoms with Crippen molar-refractivity contribution >= 4 is 27.5 Å². The van der Waals surface area contributed by atoms with Crippen molar-refractivity contribution in [2.75, 3.05) is 12.1 Å². The van der Waals surface area contributed by atoms with Crippen LogP contribution in [-0.2, 0) is 11.3 Å². The maximum Gasteiger partial charge on any atom is 0.242 e. The number of amides is 1. The highest BCUT2D eigenvalue weighted by molar-refractivity contribution is 9.10. The van der Waals surface area contributed by atoms with Crippen molar-refractivity contribution in [3.05, 3.63) is 52.5 Å². The number of halogens is 1. The molecule has 1 atom stereocenters. The Bertz CT molecular complexity index is 721. The topological polar surface area (TPSA) is 59.6 Å². The summed E-state index contributed by atoms with van der Waals surface area (Å²) in [5, 5.41) is 6.09. The van der Waals surface area contributed by atoms with Crippen molar-refractivity contribution in [2.45, 2.75) is 19.5 Å². The second-order valence-corrected chi connectivity index (χ2v) is 6.20. The molecule has 6 heteroatoms. The van der Waals surface area contributed by atoms with Crippen LogP contribution in [0.1, 0.15) is 12.5 Å². The Hall–Kier alpha value is -2.21. The minimum absolute atomic E-state index is 0.0670. The fraction of sp³-hybridized carbons (Fsp3) is 0.235. The highest BCUT2D eigenvalue weighted by Crippen LogP contribution is 2.32. The summed E-state index contributed by atoms with van der Waals surface area (Å²) in [6.45, 7) is 2.52. The number of ether oxygens (including phenoxy) is 2. The van der Waals surface area contributed by atoms with Gasteiger partial charge in [-0.3, -0.25) is 4.79 Å².